The highest BCUT2D eigenvalue weighted by atomic mass is 32.1. The molecule has 2 aromatic heterocycles. The molecule has 1 saturated heterocycles. The second kappa shape index (κ2) is 11.2. The van der Waals surface area contributed by atoms with Crippen LogP contribution in [-0.4, -0.2) is 77.0 Å². The smallest absolute Gasteiger partial charge is 0.335 e. The van der Waals surface area contributed by atoms with Crippen molar-refractivity contribution in [2.45, 2.75) is 19.3 Å². The topological polar surface area (TPSA) is 83.2 Å². The van der Waals surface area contributed by atoms with Crippen LogP contribution in [-0.2, 0) is 4.74 Å². The van der Waals surface area contributed by atoms with Crippen LogP contribution in [0.25, 0.3) is 26.8 Å². The van der Waals surface area contributed by atoms with Gasteiger partial charge in [-0.2, -0.15) is 5.10 Å². The zero-order valence-corrected chi connectivity index (χ0v) is 21.3. The number of carboxylic acid groups (broad SMARTS) is 1. The number of piperazine rings is 1. The van der Waals surface area contributed by atoms with Gasteiger partial charge in [0, 0.05) is 56.7 Å². The summed E-state index contributed by atoms with van der Waals surface area (Å²) in [6, 6.07) is 15.4. The number of carboxylic acids is 1. The van der Waals surface area contributed by atoms with Gasteiger partial charge >= 0.3 is 5.97 Å². The minimum atomic E-state index is -0.935. The van der Waals surface area contributed by atoms with Crippen molar-refractivity contribution in [3.05, 3.63) is 60.3 Å². The summed E-state index contributed by atoms with van der Waals surface area (Å²) in [4.78, 5) is 21.5. The zero-order chi connectivity index (χ0) is 24.9. The predicted molar refractivity (Wildman–Crippen MR) is 143 cm³/mol. The van der Waals surface area contributed by atoms with Crippen molar-refractivity contribution in [3.63, 3.8) is 0 Å². The van der Waals surface area contributed by atoms with E-state index in [4.69, 9.17) is 14.9 Å². The molecule has 1 aliphatic rings. The first-order chi connectivity index (χ1) is 17.6. The molecule has 5 rings (SSSR count). The third kappa shape index (κ3) is 5.43. The Balaban J connectivity index is 1.21. The van der Waals surface area contributed by atoms with Gasteiger partial charge < -0.3 is 14.7 Å². The van der Waals surface area contributed by atoms with E-state index in [9.17, 15) is 4.79 Å². The summed E-state index contributed by atoms with van der Waals surface area (Å²) in [6.07, 6.45) is 5.40. The maximum atomic E-state index is 11.1. The second-order valence-electron chi connectivity index (χ2n) is 9.06. The molecule has 36 heavy (non-hydrogen) atoms. The van der Waals surface area contributed by atoms with Crippen molar-refractivity contribution in [2.75, 3.05) is 51.3 Å². The Labute approximate surface area is 214 Å². The van der Waals surface area contributed by atoms with Gasteiger partial charge in [-0.1, -0.05) is 23.5 Å². The Morgan fingerprint density at radius 3 is 2.39 bits per heavy atom. The monoisotopic (exact) mass is 505 g/mol. The SMILES string of the molecule is COCCCCCN1CCN(c2ccc(-c3nn4c(-c5ccc(C(=O)O)cc5)cnc4s3)cc2)CC1. The molecule has 1 N–H and O–H groups in total. The number of anilines is 1. The number of hydrogen-bond donors (Lipinski definition) is 1. The maximum absolute atomic E-state index is 11.1. The van der Waals surface area contributed by atoms with Crippen molar-refractivity contribution in [1.29, 1.82) is 0 Å². The molecular formula is C27H31N5O3S. The molecule has 3 heterocycles. The number of fused-ring (bicyclic) bond motifs is 1. The first-order valence-corrected chi connectivity index (χ1v) is 13.2. The van der Waals surface area contributed by atoms with Crippen molar-refractivity contribution in [2.24, 2.45) is 0 Å². The number of ether oxygens (including phenoxy) is 1. The lowest BCUT2D eigenvalue weighted by molar-refractivity contribution is 0.0697. The third-order valence-electron chi connectivity index (χ3n) is 6.69. The minimum absolute atomic E-state index is 0.262. The number of aromatic carboxylic acids is 1. The molecule has 1 fully saturated rings. The van der Waals surface area contributed by atoms with E-state index in [1.165, 1.54) is 25.1 Å². The van der Waals surface area contributed by atoms with Crippen LogP contribution in [0.1, 0.15) is 29.6 Å². The van der Waals surface area contributed by atoms with Gasteiger partial charge in [0.1, 0.15) is 5.01 Å². The lowest BCUT2D eigenvalue weighted by Gasteiger charge is -2.36. The number of rotatable bonds is 10. The molecule has 8 nitrogen and oxygen atoms in total. The highest BCUT2D eigenvalue weighted by Crippen LogP contribution is 2.30. The van der Waals surface area contributed by atoms with Gasteiger partial charge in [0.25, 0.3) is 0 Å². The number of hydrogen-bond acceptors (Lipinski definition) is 7. The highest BCUT2D eigenvalue weighted by molar-refractivity contribution is 7.19. The van der Waals surface area contributed by atoms with Gasteiger partial charge in [0.15, 0.2) is 0 Å². The molecule has 0 spiro atoms. The van der Waals surface area contributed by atoms with E-state index in [1.54, 1.807) is 48.9 Å². The Bertz CT molecular complexity index is 1290. The predicted octanol–water partition coefficient (Wildman–Crippen LogP) is 4.76. The minimum Gasteiger partial charge on any atom is -0.478 e. The Kier molecular flexibility index (Phi) is 7.60. The molecule has 9 heteroatoms. The Morgan fingerprint density at radius 1 is 0.972 bits per heavy atom. The van der Waals surface area contributed by atoms with Crippen LogP contribution < -0.4 is 4.90 Å². The number of unbranched alkanes of at least 4 members (excludes halogenated alkanes) is 2. The van der Waals surface area contributed by atoms with Gasteiger partial charge in [0.2, 0.25) is 4.96 Å². The zero-order valence-electron chi connectivity index (χ0n) is 20.5. The van der Waals surface area contributed by atoms with Gasteiger partial charge in [-0.05, 0) is 62.2 Å². The molecule has 4 aromatic rings. The molecule has 188 valence electrons. The van der Waals surface area contributed by atoms with E-state index in [0.717, 1.165) is 66.0 Å². The quantitative estimate of drug-likeness (QED) is 0.311. The average Bonchev–Trinajstić information content (AvgIpc) is 3.50. The largest absolute Gasteiger partial charge is 0.478 e. The van der Waals surface area contributed by atoms with Crippen LogP contribution in [0.15, 0.2) is 54.7 Å². The first kappa shape index (κ1) is 24.4. The van der Waals surface area contributed by atoms with Gasteiger partial charge in [-0.3, -0.25) is 4.90 Å². The molecule has 0 amide bonds. The van der Waals surface area contributed by atoms with Crippen LogP contribution in [0.5, 0.6) is 0 Å². The third-order valence-corrected chi connectivity index (χ3v) is 7.66. The summed E-state index contributed by atoms with van der Waals surface area (Å²) in [5, 5.41) is 14.9. The van der Waals surface area contributed by atoms with E-state index in [2.05, 4.69) is 39.0 Å². The summed E-state index contributed by atoms with van der Waals surface area (Å²) in [5.41, 5.74) is 4.31. The number of benzene rings is 2. The molecule has 0 saturated carbocycles. The second-order valence-corrected chi connectivity index (χ2v) is 10.0. The van der Waals surface area contributed by atoms with Gasteiger partial charge in [-0.25, -0.2) is 14.3 Å². The molecule has 2 aromatic carbocycles. The van der Waals surface area contributed by atoms with Crippen molar-refractivity contribution < 1.29 is 14.6 Å². The first-order valence-electron chi connectivity index (χ1n) is 12.4. The fraction of sp³-hybridized carbons (Fsp3) is 0.370. The lowest BCUT2D eigenvalue weighted by Crippen LogP contribution is -2.46. The van der Waals surface area contributed by atoms with E-state index >= 15 is 0 Å². The van der Waals surface area contributed by atoms with Crippen LogP contribution in [0.4, 0.5) is 5.69 Å². The number of nitrogens with zero attached hydrogens (tertiary/aromatic N) is 5. The Hall–Kier alpha value is -3.27. The summed E-state index contributed by atoms with van der Waals surface area (Å²) in [7, 11) is 1.77. The number of aromatic nitrogens is 3. The molecule has 0 atom stereocenters. The summed E-state index contributed by atoms with van der Waals surface area (Å²) in [6.45, 7) is 6.34. The van der Waals surface area contributed by atoms with Crippen LogP contribution in [0.2, 0.25) is 0 Å². The molecule has 0 radical (unpaired) electrons. The normalized spacial score (nSPS) is 14.5. The molecule has 0 unspecified atom stereocenters. The number of methoxy groups -OCH3 is 1. The average molecular weight is 506 g/mol. The molecule has 0 aliphatic carbocycles. The fourth-order valence-corrected chi connectivity index (χ4v) is 5.47. The van der Waals surface area contributed by atoms with Crippen molar-refractivity contribution in [1.82, 2.24) is 19.5 Å². The van der Waals surface area contributed by atoms with E-state index in [-0.39, 0.29) is 5.56 Å². The van der Waals surface area contributed by atoms with Crippen molar-refractivity contribution >= 4 is 28.0 Å². The van der Waals surface area contributed by atoms with Gasteiger partial charge in [-0.15, -0.1) is 0 Å². The van der Waals surface area contributed by atoms with E-state index < -0.39 is 5.97 Å². The molecule has 0 bridgehead atoms. The van der Waals surface area contributed by atoms with Crippen LogP contribution in [0.3, 0.4) is 0 Å². The summed E-state index contributed by atoms with van der Waals surface area (Å²) >= 11 is 1.55. The van der Waals surface area contributed by atoms with Crippen molar-refractivity contribution in [3.8, 4) is 21.8 Å². The standard InChI is InChI=1S/C27H31N5O3S/c1-35-18-4-2-3-13-30-14-16-31(17-15-30)23-11-9-21(10-12-23)25-29-32-24(19-28-27(32)36-25)20-5-7-22(8-6-20)26(33)34/h5-12,19H,2-4,13-18H2,1H3,(H,33,34). The molecular weight excluding hydrogens is 474 g/mol. The van der Waals surface area contributed by atoms with E-state index in [0.29, 0.717) is 0 Å². The van der Waals surface area contributed by atoms with Crippen LogP contribution >= 0.6 is 11.3 Å². The summed E-state index contributed by atoms with van der Waals surface area (Å²) in [5.74, 6) is -0.935. The lowest BCUT2D eigenvalue weighted by atomic mass is 10.1. The highest BCUT2D eigenvalue weighted by Gasteiger charge is 2.18. The summed E-state index contributed by atoms with van der Waals surface area (Å²) < 4.78 is 6.97. The number of imidazole rings is 1. The fourth-order valence-electron chi connectivity index (χ4n) is 4.59. The Morgan fingerprint density at radius 2 is 1.69 bits per heavy atom. The van der Waals surface area contributed by atoms with Crippen LogP contribution in [0, 0.1) is 0 Å². The number of carbonyl (C=O) groups is 1. The van der Waals surface area contributed by atoms with E-state index in [1.807, 2.05) is 4.52 Å². The molecule has 1 aliphatic heterocycles. The van der Waals surface area contributed by atoms with Gasteiger partial charge in [0.05, 0.1) is 17.5 Å². The maximum Gasteiger partial charge on any atom is 0.335 e.